The summed E-state index contributed by atoms with van der Waals surface area (Å²) in [5, 5.41) is 14.1. The summed E-state index contributed by atoms with van der Waals surface area (Å²) >= 11 is 0. The fourth-order valence-electron chi connectivity index (χ4n) is 3.31. The number of fused-ring (bicyclic) bond motifs is 2. The molecule has 4 atom stereocenters. The monoisotopic (exact) mass is 271 g/mol. The van der Waals surface area contributed by atoms with Crippen LogP contribution in [0.2, 0.25) is 0 Å². The summed E-state index contributed by atoms with van der Waals surface area (Å²) in [6.07, 6.45) is 7.94. The normalized spacial score (nSPS) is 30.4. The van der Waals surface area contributed by atoms with Gasteiger partial charge in [0.2, 0.25) is 5.91 Å². The highest BCUT2D eigenvalue weighted by Crippen LogP contribution is 2.47. The number of rotatable bonds is 4. The third-order valence-corrected chi connectivity index (χ3v) is 4.22. The third-order valence-electron chi connectivity index (χ3n) is 4.22. The first kappa shape index (κ1) is 12.8. The minimum Gasteiger partial charge on any atom is -0.550 e. The Bertz CT molecular complexity index is 555. The van der Waals surface area contributed by atoms with Crippen molar-refractivity contribution >= 4 is 11.9 Å². The second-order valence-corrected chi connectivity index (χ2v) is 5.40. The van der Waals surface area contributed by atoms with Gasteiger partial charge in [0.1, 0.15) is 0 Å². The van der Waals surface area contributed by atoms with Crippen LogP contribution >= 0.6 is 0 Å². The number of nitrogens with zero attached hydrogens (tertiary/aromatic N) is 1. The number of nitrogens with one attached hydrogen (secondary N) is 1. The standard InChI is InChI=1S/C15H16N2O3/c18-14(17-8-9-2-1-5-16-7-9)12-10-3-4-11(6-10)13(12)15(19)20/h1-5,7,10-13H,6,8H2,(H,17,18)(H,19,20)/p-1/t10-,11+,12+,13+/m1/s1. The highest BCUT2D eigenvalue weighted by atomic mass is 16.4. The van der Waals surface area contributed by atoms with Crippen molar-refractivity contribution in [1.29, 1.82) is 0 Å². The van der Waals surface area contributed by atoms with Crippen LogP contribution in [0, 0.1) is 23.7 Å². The Hall–Kier alpha value is -2.17. The van der Waals surface area contributed by atoms with E-state index in [1.807, 2.05) is 18.2 Å². The van der Waals surface area contributed by atoms with Crippen molar-refractivity contribution in [1.82, 2.24) is 10.3 Å². The number of allylic oxidation sites excluding steroid dienone is 2. The topological polar surface area (TPSA) is 82.1 Å². The van der Waals surface area contributed by atoms with Gasteiger partial charge in [-0.1, -0.05) is 18.2 Å². The second kappa shape index (κ2) is 5.07. The molecule has 2 aliphatic rings. The van der Waals surface area contributed by atoms with Gasteiger partial charge < -0.3 is 15.2 Å². The fraction of sp³-hybridized carbons (Fsp3) is 0.400. The first-order chi connectivity index (χ1) is 9.66. The maximum Gasteiger partial charge on any atom is 0.224 e. The molecule has 2 bridgehead atoms. The van der Waals surface area contributed by atoms with Crippen molar-refractivity contribution in [3.8, 4) is 0 Å². The van der Waals surface area contributed by atoms with Crippen LogP contribution in [0.5, 0.6) is 0 Å². The summed E-state index contributed by atoms with van der Waals surface area (Å²) in [6, 6.07) is 3.66. The van der Waals surface area contributed by atoms with Crippen molar-refractivity contribution < 1.29 is 14.7 Å². The lowest BCUT2D eigenvalue weighted by Crippen LogP contribution is -2.44. The number of carboxylic acids is 1. The van der Waals surface area contributed by atoms with E-state index in [-0.39, 0.29) is 17.7 Å². The summed E-state index contributed by atoms with van der Waals surface area (Å²) in [5.74, 6) is -2.57. The van der Waals surface area contributed by atoms with E-state index in [0.29, 0.717) is 6.54 Å². The fourth-order valence-corrected chi connectivity index (χ4v) is 3.31. The molecule has 5 heteroatoms. The van der Waals surface area contributed by atoms with E-state index < -0.39 is 17.8 Å². The lowest BCUT2D eigenvalue weighted by Gasteiger charge is -2.27. The predicted octanol–water partition coefficient (Wildman–Crippen LogP) is -0.114. The number of amides is 1. The summed E-state index contributed by atoms with van der Waals surface area (Å²) in [5.41, 5.74) is 0.893. The molecule has 2 aliphatic carbocycles. The Morgan fingerprint density at radius 2 is 2.05 bits per heavy atom. The molecule has 5 nitrogen and oxygen atoms in total. The van der Waals surface area contributed by atoms with Gasteiger partial charge in [0.25, 0.3) is 0 Å². The average molecular weight is 271 g/mol. The van der Waals surface area contributed by atoms with Gasteiger partial charge in [-0.05, 0) is 29.9 Å². The molecule has 0 aliphatic heterocycles. The Morgan fingerprint density at radius 3 is 2.70 bits per heavy atom. The van der Waals surface area contributed by atoms with E-state index in [1.165, 1.54) is 0 Å². The van der Waals surface area contributed by atoms with E-state index in [1.54, 1.807) is 18.5 Å². The van der Waals surface area contributed by atoms with Crippen molar-refractivity contribution in [3.05, 3.63) is 42.2 Å². The lowest BCUT2D eigenvalue weighted by molar-refractivity contribution is -0.313. The SMILES string of the molecule is O=C(NCc1cccnc1)[C@@H]1[C@@H](C(=O)[O-])[C@H]2C=C[C@@H]1C2. The molecule has 0 unspecified atom stereocenters. The van der Waals surface area contributed by atoms with Crippen LogP contribution in [0.1, 0.15) is 12.0 Å². The highest BCUT2D eigenvalue weighted by Gasteiger charge is 2.48. The van der Waals surface area contributed by atoms with Crippen LogP contribution < -0.4 is 10.4 Å². The number of hydrogen-bond acceptors (Lipinski definition) is 4. The molecule has 20 heavy (non-hydrogen) atoms. The molecule has 1 saturated carbocycles. The van der Waals surface area contributed by atoms with Crippen LogP contribution in [0.3, 0.4) is 0 Å². The number of carbonyl (C=O) groups excluding carboxylic acids is 2. The zero-order valence-electron chi connectivity index (χ0n) is 10.9. The molecule has 1 fully saturated rings. The molecule has 0 radical (unpaired) electrons. The lowest BCUT2D eigenvalue weighted by atomic mass is 9.82. The summed E-state index contributed by atoms with van der Waals surface area (Å²) in [7, 11) is 0. The van der Waals surface area contributed by atoms with Gasteiger partial charge in [-0.3, -0.25) is 9.78 Å². The molecular formula is C15H15N2O3-. The van der Waals surface area contributed by atoms with Gasteiger partial charge in [0, 0.05) is 30.8 Å². The van der Waals surface area contributed by atoms with Crippen LogP contribution in [0.15, 0.2) is 36.7 Å². The molecule has 1 heterocycles. The van der Waals surface area contributed by atoms with Gasteiger partial charge in [-0.15, -0.1) is 0 Å². The van der Waals surface area contributed by atoms with E-state index >= 15 is 0 Å². The quantitative estimate of drug-likeness (QED) is 0.774. The highest BCUT2D eigenvalue weighted by molar-refractivity contribution is 5.86. The number of carbonyl (C=O) groups is 2. The molecule has 0 saturated heterocycles. The first-order valence-electron chi connectivity index (χ1n) is 6.72. The van der Waals surface area contributed by atoms with E-state index in [9.17, 15) is 14.7 Å². The number of pyridine rings is 1. The second-order valence-electron chi connectivity index (χ2n) is 5.40. The Kier molecular flexibility index (Phi) is 3.26. The van der Waals surface area contributed by atoms with Crippen LogP contribution in [0.25, 0.3) is 0 Å². The predicted molar refractivity (Wildman–Crippen MR) is 68.8 cm³/mol. The number of aliphatic carboxylic acids is 1. The van der Waals surface area contributed by atoms with Gasteiger partial charge in [0.05, 0.1) is 5.92 Å². The minimum atomic E-state index is -1.12. The minimum absolute atomic E-state index is 0.0248. The van der Waals surface area contributed by atoms with Crippen molar-refractivity contribution in [2.24, 2.45) is 23.7 Å². The van der Waals surface area contributed by atoms with Crippen molar-refractivity contribution in [3.63, 3.8) is 0 Å². The number of hydrogen-bond donors (Lipinski definition) is 1. The number of carboxylic acid groups (broad SMARTS) is 1. The zero-order valence-corrected chi connectivity index (χ0v) is 10.9. The van der Waals surface area contributed by atoms with Crippen LogP contribution in [-0.4, -0.2) is 16.9 Å². The van der Waals surface area contributed by atoms with E-state index in [2.05, 4.69) is 10.3 Å². The molecule has 3 rings (SSSR count). The molecule has 104 valence electrons. The average Bonchev–Trinajstić information content (AvgIpc) is 3.06. The largest absolute Gasteiger partial charge is 0.550 e. The third kappa shape index (κ3) is 2.19. The van der Waals surface area contributed by atoms with Crippen molar-refractivity contribution in [2.45, 2.75) is 13.0 Å². The van der Waals surface area contributed by atoms with E-state index in [4.69, 9.17) is 0 Å². The number of aromatic nitrogens is 1. The summed E-state index contributed by atoms with van der Waals surface area (Å²) in [4.78, 5) is 27.5. The van der Waals surface area contributed by atoms with Crippen molar-refractivity contribution in [2.75, 3.05) is 0 Å². The van der Waals surface area contributed by atoms with Crippen LogP contribution in [-0.2, 0) is 16.1 Å². The van der Waals surface area contributed by atoms with Gasteiger partial charge in [0.15, 0.2) is 0 Å². The molecule has 0 spiro atoms. The van der Waals surface area contributed by atoms with Gasteiger partial charge in [-0.2, -0.15) is 0 Å². The molecule has 1 aromatic heterocycles. The maximum atomic E-state index is 12.3. The summed E-state index contributed by atoms with van der Waals surface area (Å²) in [6.45, 7) is 0.365. The molecule has 1 aromatic rings. The summed E-state index contributed by atoms with van der Waals surface area (Å²) < 4.78 is 0. The molecule has 1 amide bonds. The maximum absolute atomic E-state index is 12.3. The zero-order chi connectivity index (χ0) is 14.1. The van der Waals surface area contributed by atoms with Gasteiger partial charge >= 0.3 is 0 Å². The first-order valence-corrected chi connectivity index (χ1v) is 6.72. The molecule has 0 aromatic carbocycles. The van der Waals surface area contributed by atoms with Gasteiger partial charge in [-0.25, -0.2) is 0 Å². The van der Waals surface area contributed by atoms with E-state index in [0.717, 1.165) is 12.0 Å². The molecular weight excluding hydrogens is 256 g/mol. The Morgan fingerprint density at radius 1 is 1.30 bits per heavy atom. The van der Waals surface area contributed by atoms with Crippen LogP contribution in [0.4, 0.5) is 0 Å². The Labute approximate surface area is 116 Å². The smallest absolute Gasteiger partial charge is 0.224 e. The molecule has 1 N–H and O–H groups in total. The Balaban J connectivity index is 1.68.